The van der Waals surface area contributed by atoms with Crippen LogP contribution in [0.25, 0.3) is 0 Å². The normalized spacial score (nSPS) is 11.2. The summed E-state index contributed by atoms with van der Waals surface area (Å²) in [5, 5.41) is 19.1. The van der Waals surface area contributed by atoms with E-state index < -0.39 is 33.3 Å². The molecule has 0 aliphatic heterocycles. The fraction of sp³-hybridized carbons (Fsp3) is 0.200. The van der Waals surface area contributed by atoms with Gasteiger partial charge in [0, 0.05) is 12.6 Å². The van der Waals surface area contributed by atoms with Gasteiger partial charge in [-0.3, -0.25) is 4.79 Å². The Hall–Kier alpha value is -2.33. The van der Waals surface area contributed by atoms with Crippen molar-refractivity contribution < 1.29 is 23.2 Å². The van der Waals surface area contributed by atoms with Crippen LogP contribution in [0.3, 0.4) is 0 Å². The molecule has 0 aliphatic carbocycles. The zero-order valence-electron chi connectivity index (χ0n) is 10.2. The molecule has 1 aromatic rings. The number of pyridine rings is 1. The minimum atomic E-state index is -4.10. The van der Waals surface area contributed by atoms with Gasteiger partial charge in [-0.05, 0) is 16.0 Å². The van der Waals surface area contributed by atoms with Gasteiger partial charge in [0.15, 0.2) is 6.20 Å². The molecule has 0 aromatic carbocycles. The van der Waals surface area contributed by atoms with E-state index in [-0.39, 0.29) is 11.4 Å². The van der Waals surface area contributed by atoms with Crippen molar-refractivity contribution in [3.8, 4) is 0 Å². The molecule has 0 radical (unpaired) electrons. The summed E-state index contributed by atoms with van der Waals surface area (Å²) in [6.45, 7) is 2.40. The Morgan fingerprint density at radius 2 is 2.20 bits per heavy atom. The highest BCUT2D eigenvalue weighted by molar-refractivity contribution is 7.89. The first kappa shape index (κ1) is 15.7. The maximum atomic E-state index is 12.1. The first-order chi connectivity index (χ1) is 9.28. The molecule has 9 nitrogen and oxygen atoms in total. The highest BCUT2D eigenvalue weighted by Crippen LogP contribution is 2.17. The number of aromatic nitrogens is 1. The standard InChI is InChI=1S/C10H11N3O6S/c1-2-5-12(7-10(14)15)20(18,19)8-3-4-9(11-6-8)13(16)17/h2-4,6H,1,5,7H2,(H,14,15). The van der Waals surface area contributed by atoms with Gasteiger partial charge in [-0.25, -0.2) is 8.42 Å². The molecule has 0 unspecified atom stereocenters. The zero-order valence-corrected chi connectivity index (χ0v) is 11.0. The summed E-state index contributed by atoms with van der Waals surface area (Å²) < 4.78 is 25.0. The van der Waals surface area contributed by atoms with E-state index in [2.05, 4.69) is 11.6 Å². The number of hydrogen-bond acceptors (Lipinski definition) is 6. The minimum Gasteiger partial charge on any atom is -0.480 e. The molecule has 0 aliphatic rings. The molecular weight excluding hydrogens is 290 g/mol. The van der Waals surface area contributed by atoms with E-state index >= 15 is 0 Å². The lowest BCUT2D eigenvalue weighted by Gasteiger charge is -2.17. The average Bonchev–Trinajstić information content (AvgIpc) is 2.37. The van der Waals surface area contributed by atoms with E-state index in [1.54, 1.807) is 0 Å². The molecule has 1 heterocycles. The number of nitrogens with zero attached hydrogens (tertiary/aromatic N) is 3. The fourth-order valence-corrected chi connectivity index (χ4v) is 2.63. The highest BCUT2D eigenvalue weighted by atomic mass is 32.2. The van der Waals surface area contributed by atoms with Gasteiger partial charge in [-0.1, -0.05) is 6.08 Å². The number of aliphatic carboxylic acids is 1. The number of carbonyl (C=O) groups is 1. The van der Waals surface area contributed by atoms with Crippen molar-refractivity contribution in [3.05, 3.63) is 41.1 Å². The van der Waals surface area contributed by atoms with Gasteiger partial charge in [0.25, 0.3) is 0 Å². The smallest absolute Gasteiger partial charge is 0.363 e. The van der Waals surface area contributed by atoms with Gasteiger partial charge >= 0.3 is 11.8 Å². The van der Waals surface area contributed by atoms with Crippen LogP contribution in [0.2, 0.25) is 0 Å². The quantitative estimate of drug-likeness (QED) is 0.434. The fourth-order valence-electron chi connectivity index (χ4n) is 1.32. The third kappa shape index (κ3) is 3.59. The summed E-state index contributed by atoms with van der Waals surface area (Å²) in [5.74, 6) is -1.83. The van der Waals surface area contributed by atoms with Crippen LogP contribution in [0.15, 0.2) is 35.9 Å². The third-order valence-corrected chi connectivity index (χ3v) is 3.99. The number of sulfonamides is 1. The van der Waals surface area contributed by atoms with E-state index in [1.807, 2.05) is 0 Å². The summed E-state index contributed by atoms with van der Waals surface area (Å²) in [4.78, 5) is 23.4. The lowest BCUT2D eigenvalue weighted by molar-refractivity contribution is -0.389. The van der Waals surface area contributed by atoms with Crippen molar-refractivity contribution in [2.24, 2.45) is 0 Å². The molecule has 0 spiro atoms. The highest BCUT2D eigenvalue weighted by Gasteiger charge is 2.27. The molecule has 1 aromatic heterocycles. The Morgan fingerprint density at radius 1 is 1.55 bits per heavy atom. The number of carboxylic acids is 1. The molecular formula is C10H11N3O6S. The van der Waals surface area contributed by atoms with Crippen LogP contribution >= 0.6 is 0 Å². The van der Waals surface area contributed by atoms with Crippen LogP contribution in [0.1, 0.15) is 0 Å². The Kier molecular flexibility index (Phi) is 4.88. The third-order valence-electron chi connectivity index (χ3n) is 2.19. The van der Waals surface area contributed by atoms with Crippen LogP contribution < -0.4 is 0 Å². The van der Waals surface area contributed by atoms with Gasteiger partial charge in [0.1, 0.15) is 11.4 Å². The van der Waals surface area contributed by atoms with Gasteiger partial charge < -0.3 is 15.2 Å². The Morgan fingerprint density at radius 3 is 2.60 bits per heavy atom. The van der Waals surface area contributed by atoms with E-state index in [1.165, 1.54) is 6.08 Å². The van der Waals surface area contributed by atoms with E-state index in [4.69, 9.17) is 5.11 Å². The van der Waals surface area contributed by atoms with E-state index in [0.717, 1.165) is 18.3 Å². The van der Waals surface area contributed by atoms with Gasteiger partial charge in [0.05, 0.1) is 0 Å². The molecule has 0 amide bonds. The van der Waals surface area contributed by atoms with Crippen LogP contribution in [-0.4, -0.2) is 46.8 Å². The van der Waals surface area contributed by atoms with Crippen molar-refractivity contribution in [3.63, 3.8) is 0 Å². The molecule has 108 valence electrons. The summed E-state index contributed by atoms with van der Waals surface area (Å²) in [7, 11) is -4.10. The SMILES string of the molecule is C=CCN(CC(=O)O)S(=O)(=O)c1ccc([N+](=O)[O-])nc1. The van der Waals surface area contributed by atoms with Gasteiger partial charge in [0.2, 0.25) is 10.0 Å². The summed E-state index contributed by atoms with van der Waals surface area (Å²) in [6, 6.07) is 1.93. The molecule has 1 rings (SSSR count). The Bertz CT molecular complexity index is 625. The van der Waals surface area contributed by atoms with E-state index in [0.29, 0.717) is 4.31 Å². The predicted octanol–water partition coefficient (Wildman–Crippen LogP) is 0.251. The monoisotopic (exact) mass is 301 g/mol. The molecule has 0 bridgehead atoms. The predicted molar refractivity (Wildman–Crippen MR) is 67.5 cm³/mol. The number of carboxylic acid groups (broad SMARTS) is 1. The molecule has 0 saturated carbocycles. The molecule has 20 heavy (non-hydrogen) atoms. The van der Waals surface area contributed by atoms with Crippen molar-refractivity contribution in [2.45, 2.75) is 4.90 Å². The molecule has 0 atom stereocenters. The van der Waals surface area contributed by atoms with Gasteiger partial charge in [-0.2, -0.15) is 4.31 Å². The topological polar surface area (TPSA) is 131 Å². The first-order valence-electron chi connectivity index (χ1n) is 5.22. The van der Waals surface area contributed by atoms with Crippen LogP contribution in [-0.2, 0) is 14.8 Å². The summed E-state index contributed by atoms with van der Waals surface area (Å²) in [6.07, 6.45) is 2.05. The molecule has 0 fully saturated rings. The zero-order chi connectivity index (χ0) is 15.3. The van der Waals surface area contributed by atoms with Crippen LogP contribution in [0.5, 0.6) is 0 Å². The van der Waals surface area contributed by atoms with Crippen molar-refractivity contribution in [1.82, 2.24) is 9.29 Å². The lowest BCUT2D eigenvalue weighted by Crippen LogP contribution is -2.35. The Balaban J connectivity index is 3.15. The number of nitro groups is 1. The summed E-state index contributed by atoms with van der Waals surface area (Å²) in [5.41, 5.74) is 0. The van der Waals surface area contributed by atoms with Crippen LogP contribution in [0, 0.1) is 10.1 Å². The van der Waals surface area contributed by atoms with Crippen molar-refractivity contribution in [2.75, 3.05) is 13.1 Å². The lowest BCUT2D eigenvalue weighted by atomic mass is 10.5. The molecule has 10 heteroatoms. The van der Waals surface area contributed by atoms with Crippen molar-refractivity contribution >= 4 is 21.8 Å². The average molecular weight is 301 g/mol. The Labute approximate surface area is 114 Å². The molecule has 0 saturated heterocycles. The second-order valence-corrected chi connectivity index (χ2v) is 5.53. The first-order valence-corrected chi connectivity index (χ1v) is 6.66. The number of hydrogen-bond donors (Lipinski definition) is 1. The maximum absolute atomic E-state index is 12.1. The minimum absolute atomic E-state index is 0.203. The second kappa shape index (κ2) is 6.21. The van der Waals surface area contributed by atoms with Crippen LogP contribution in [0.4, 0.5) is 5.82 Å². The largest absolute Gasteiger partial charge is 0.480 e. The number of rotatable bonds is 7. The summed E-state index contributed by atoms with van der Waals surface area (Å²) >= 11 is 0. The van der Waals surface area contributed by atoms with E-state index in [9.17, 15) is 23.3 Å². The molecule has 1 N–H and O–H groups in total. The maximum Gasteiger partial charge on any atom is 0.363 e. The van der Waals surface area contributed by atoms with Gasteiger partial charge in [-0.15, -0.1) is 6.58 Å². The second-order valence-electron chi connectivity index (χ2n) is 3.59. The van der Waals surface area contributed by atoms with Crippen molar-refractivity contribution in [1.29, 1.82) is 0 Å².